The summed E-state index contributed by atoms with van der Waals surface area (Å²) in [5.74, 6) is 5.66. The summed E-state index contributed by atoms with van der Waals surface area (Å²) in [5.41, 5.74) is 0. The van der Waals surface area contributed by atoms with Crippen molar-refractivity contribution in [1.29, 1.82) is 0 Å². The summed E-state index contributed by atoms with van der Waals surface area (Å²) in [6.07, 6.45) is 4.73. The van der Waals surface area contributed by atoms with E-state index in [4.69, 9.17) is 10.6 Å². The van der Waals surface area contributed by atoms with Crippen LogP contribution in [0.3, 0.4) is 0 Å². The molecular weight excluding hydrogens is 314 g/mol. The van der Waals surface area contributed by atoms with E-state index in [9.17, 15) is 14.4 Å². The fourth-order valence-corrected chi connectivity index (χ4v) is 1.99. The molecule has 0 aliphatic rings. The molecule has 0 aliphatic carbocycles. The number of amides is 3. The van der Waals surface area contributed by atoms with E-state index in [0.29, 0.717) is 45.5 Å². The predicted octanol–water partition coefficient (Wildman–Crippen LogP) is -1.31. The first-order valence-corrected chi connectivity index (χ1v) is 8.28. The molecule has 0 unspecified atom stereocenters. The first kappa shape index (κ1) is 22.3. The zero-order valence-corrected chi connectivity index (χ0v) is 14.5. The van der Waals surface area contributed by atoms with E-state index in [1.165, 1.54) is 11.9 Å². The van der Waals surface area contributed by atoms with Gasteiger partial charge in [-0.15, -0.1) is 0 Å². The second kappa shape index (κ2) is 16.2. The molecule has 0 saturated heterocycles. The first-order chi connectivity index (χ1) is 11.6. The van der Waals surface area contributed by atoms with Gasteiger partial charge < -0.3 is 20.3 Å². The molecule has 0 spiro atoms. The van der Waals surface area contributed by atoms with Crippen LogP contribution in [-0.2, 0) is 19.1 Å². The van der Waals surface area contributed by atoms with Crippen LogP contribution in [0.4, 0.5) is 0 Å². The largest absolute Gasteiger partial charge is 0.381 e. The minimum absolute atomic E-state index is 0.0739. The van der Waals surface area contributed by atoms with Crippen LogP contribution < -0.4 is 16.5 Å². The maximum atomic E-state index is 11.2. The maximum Gasteiger partial charge on any atom is 0.239 e. The molecule has 24 heavy (non-hydrogen) atoms. The lowest BCUT2D eigenvalue weighted by Gasteiger charge is -2.17. The van der Waals surface area contributed by atoms with Crippen molar-refractivity contribution in [1.82, 2.24) is 20.5 Å². The van der Waals surface area contributed by atoms with Crippen molar-refractivity contribution in [2.24, 2.45) is 5.84 Å². The summed E-state index contributed by atoms with van der Waals surface area (Å²) in [7, 11) is 1.54. The number of hydrogen-bond acceptors (Lipinski definition) is 6. The van der Waals surface area contributed by atoms with E-state index in [1.54, 1.807) is 5.01 Å². The smallest absolute Gasteiger partial charge is 0.239 e. The number of nitrogens with one attached hydrogen (secondary N) is 2. The molecule has 9 nitrogen and oxygen atoms in total. The maximum absolute atomic E-state index is 11.2. The molecule has 9 heteroatoms. The zero-order valence-electron chi connectivity index (χ0n) is 14.5. The Hall–Kier alpha value is -1.71. The van der Waals surface area contributed by atoms with Gasteiger partial charge in [0.25, 0.3) is 0 Å². The van der Waals surface area contributed by atoms with Crippen LogP contribution in [-0.4, -0.2) is 81.6 Å². The SMILES string of the molecule is CNC(=O)CN(C=O)CCCOCCCN(N)CCCCNC=O. The molecule has 140 valence electrons. The van der Waals surface area contributed by atoms with Gasteiger partial charge in [0.1, 0.15) is 0 Å². The van der Waals surface area contributed by atoms with E-state index >= 15 is 0 Å². The first-order valence-electron chi connectivity index (χ1n) is 8.28. The lowest BCUT2D eigenvalue weighted by molar-refractivity contribution is -0.127. The summed E-state index contributed by atoms with van der Waals surface area (Å²) in [4.78, 5) is 33.5. The standard InChI is InChI=1S/C15H31N5O4/c1-17-15(23)12-19(14-22)7-4-10-24-11-5-9-20(16)8-3-2-6-18-13-21/h13-14H,2-12,16H2,1H3,(H,17,23)(H,18,21). The van der Waals surface area contributed by atoms with Gasteiger partial charge in [-0.1, -0.05) is 0 Å². The van der Waals surface area contributed by atoms with Gasteiger partial charge in [-0.05, 0) is 25.7 Å². The Morgan fingerprint density at radius 2 is 1.75 bits per heavy atom. The van der Waals surface area contributed by atoms with Gasteiger partial charge in [0, 0.05) is 46.4 Å². The Balaban J connectivity index is 3.44. The summed E-state index contributed by atoms with van der Waals surface area (Å²) in [6.45, 7) is 3.93. The van der Waals surface area contributed by atoms with Gasteiger partial charge in [-0.3, -0.25) is 20.2 Å². The number of carbonyl (C=O) groups excluding carboxylic acids is 3. The van der Waals surface area contributed by atoms with Gasteiger partial charge >= 0.3 is 0 Å². The molecule has 0 radical (unpaired) electrons. The molecule has 0 aliphatic heterocycles. The van der Waals surface area contributed by atoms with Crippen LogP contribution >= 0.6 is 0 Å². The molecule has 3 amide bonds. The monoisotopic (exact) mass is 345 g/mol. The third-order valence-corrected chi connectivity index (χ3v) is 3.34. The van der Waals surface area contributed by atoms with Crippen molar-refractivity contribution in [3.63, 3.8) is 0 Å². The molecule has 0 aromatic carbocycles. The number of rotatable bonds is 17. The second-order valence-corrected chi connectivity index (χ2v) is 5.38. The van der Waals surface area contributed by atoms with Crippen LogP contribution in [0.5, 0.6) is 0 Å². The number of hydrazine groups is 1. The highest BCUT2D eigenvalue weighted by atomic mass is 16.5. The number of nitrogens with two attached hydrogens (primary N) is 1. The average molecular weight is 345 g/mol. The third kappa shape index (κ3) is 13.9. The van der Waals surface area contributed by atoms with Gasteiger partial charge in [0.05, 0.1) is 6.54 Å². The highest BCUT2D eigenvalue weighted by Crippen LogP contribution is 1.94. The van der Waals surface area contributed by atoms with Crippen molar-refractivity contribution in [2.45, 2.75) is 25.7 Å². The summed E-state index contributed by atoms with van der Waals surface area (Å²) in [5, 5.41) is 6.84. The normalized spacial score (nSPS) is 10.5. The lowest BCUT2D eigenvalue weighted by Crippen LogP contribution is -2.35. The number of carbonyl (C=O) groups is 3. The fourth-order valence-electron chi connectivity index (χ4n) is 1.99. The quantitative estimate of drug-likeness (QED) is 0.130. The topological polar surface area (TPSA) is 117 Å². The minimum Gasteiger partial charge on any atom is -0.381 e. The molecule has 0 atom stereocenters. The lowest BCUT2D eigenvalue weighted by atomic mass is 10.3. The summed E-state index contributed by atoms with van der Waals surface area (Å²) < 4.78 is 5.49. The van der Waals surface area contributed by atoms with E-state index < -0.39 is 0 Å². The Morgan fingerprint density at radius 3 is 2.38 bits per heavy atom. The Morgan fingerprint density at radius 1 is 1.08 bits per heavy atom. The Labute approximate surface area is 143 Å². The third-order valence-electron chi connectivity index (χ3n) is 3.34. The van der Waals surface area contributed by atoms with Gasteiger partial charge in [0.2, 0.25) is 18.7 Å². The highest BCUT2D eigenvalue weighted by molar-refractivity contribution is 5.79. The van der Waals surface area contributed by atoms with Crippen LogP contribution in [0.25, 0.3) is 0 Å². The van der Waals surface area contributed by atoms with Crippen molar-refractivity contribution < 1.29 is 19.1 Å². The van der Waals surface area contributed by atoms with Crippen LogP contribution in [0.2, 0.25) is 0 Å². The fraction of sp³-hybridized carbons (Fsp3) is 0.800. The molecule has 4 N–H and O–H groups in total. The number of hydrogen-bond donors (Lipinski definition) is 3. The van der Waals surface area contributed by atoms with Crippen LogP contribution in [0, 0.1) is 0 Å². The van der Waals surface area contributed by atoms with Crippen LogP contribution in [0.15, 0.2) is 0 Å². The van der Waals surface area contributed by atoms with Gasteiger partial charge in [-0.2, -0.15) is 0 Å². The minimum atomic E-state index is -0.187. The van der Waals surface area contributed by atoms with Crippen molar-refractivity contribution in [2.75, 3.05) is 53.0 Å². The van der Waals surface area contributed by atoms with E-state index in [0.717, 1.165) is 32.4 Å². The summed E-state index contributed by atoms with van der Waals surface area (Å²) >= 11 is 0. The molecule has 0 fully saturated rings. The summed E-state index contributed by atoms with van der Waals surface area (Å²) in [6, 6.07) is 0. The van der Waals surface area contributed by atoms with Crippen LogP contribution in [0.1, 0.15) is 25.7 Å². The molecule has 0 bridgehead atoms. The molecular formula is C15H31N5O4. The zero-order chi connectivity index (χ0) is 18.0. The van der Waals surface area contributed by atoms with Crippen molar-refractivity contribution in [3.8, 4) is 0 Å². The average Bonchev–Trinajstić information content (AvgIpc) is 2.59. The van der Waals surface area contributed by atoms with Gasteiger partial charge in [0.15, 0.2) is 0 Å². The predicted molar refractivity (Wildman–Crippen MR) is 90.8 cm³/mol. The van der Waals surface area contributed by atoms with Crippen molar-refractivity contribution >= 4 is 18.7 Å². The molecule has 0 aromatic heterocycles. The van der Waals surface area contributed by atoms with Gasteiger partial charge in [-0.25, -0.2) is 5.01 Å². The van der Waals surface area contributed by atoms with E-state index in [2.05, 4.69) is 10.6 Å². The molecule has 0 saturated carbocycles. The van der Waals surface area contributed by atoms with Crippen molar-refractivity contribution in [3.05, 3.63) is 0 Å². The Kier molecular flexibility index (Phi) is 15.0. The highest BCUT2D eigenvalue weighted by Gasteiger charge is 2.06. The molecule has 0 aromatic rings. The molecule has 0 rings (SSSR count). The number of ether oxygens (including phenoxy) is 1. The van der Waals surface area contributed by atoms with E-state index in [1.807, 2.05) is 0 Å². The van der Waals surface area contributed by atoms with E-state index in [-0.39, 0.29) is 12.5 Å². The second-order valence-electron chi connectivity index (χ2n) is 5.38. The number of unbranched alkanes of at least 4 members (excludes halogenated alkanes) is 1. The number of nitrogens with zero attached hydrogens (tertiary/aromatic N) is 2. The molecule has 0 heterocycles. The number of likely N-dealkylation sites (N-methyl/N-ethyl adjacent to an activating group) is 1. The Bertz CT molecular complexity index is 344.